The van der Waals surface area contributed by atoms with Gasteiger partial charge in [0.15, 0.2) is 11.9 Å². The van der Waals surface area contributed by atoms with Crippen molar-refractivity contribution in [2.75, 3.05) is 0 Å². The van der Waals surface area contributed by atoms with E-state index in [2.05, 4.69) is 0 Å². The molecule has 14 heavy (non-hydrogen) atoms. The summed E-state index contributed by atoms with van der Waals surface area (Å²) >= 11 is 0. The van der Waals surface area contributed by atoms with Crippen molar-refractivity contribution in [3.8, 4) is 11.8 Å². The van der Waals surface area contributed by atoms with Gasteiger partial charge >= 0.3 is 0 Å². The molecule has 0 amide bonds. The minimum Gasteiger partial charge on any atom is -0.483 e. The molecule has 0 heterocycles. The van der Waals surface area contributed by atoms with Crippen LogP contribution in [0.3, 0.4) is 0 Å². The number of nitrogens with zero attached hydrogens (tertiary/aromatic N) is 1. The molecular formula is C11H11NO2. The summed E-state index contributed by atoms with van der Waals surface area (Å²) in [7, 11) is 0. The first-order valence-electron chi connectivity index (χ1n) is 4.30. The molecule has 1 aromatic rings. The van der Waals surface area contributed by atoms with Crippen molar-refractivity contribution in [3.05, 3.63) is 29.8 Å². The summed E-state index contributed by atoms with van der Waals surface area (Å²) in [6, 6.07) is 8.75. The summed E-state index contributed by atoms with van der Waals surface area (Å²) in [5, 5.41) is 8.63. The fourth-order valence-corrected chi connectivity index (χ4v) is 0.926. The summed E-state index contributed by atoms with van der Waals surface area (Å²) in [6.07, 6.45) is -0.469. The maximum atomic E-state index is 10.9. The SMILES string of the molecule is CC(=O)C(C)Oc1cccc(C#N)c1. The molecule has 0 spiro atoms. The van der Waals surface area contributed by atoms with Crippen LogP contribution in [-0.2, 0) is 4.79 Å². The highest BCUT2D eigenvalue weighted by atomic mass is 16.5. The van der Waals surface area contributed by atoms with Gasteiger partial charge in [0.1, 0.15) is 5.75 Å². The van der Waals surface area contributed by atoms with Gasteiger partial charge < -0.3 is 4.74 Å². The van der Waals surface area contributed by atoms with Crippen LogP contribution in [0.1, 0.15) is 19.4 Å². The number of hydrogen-bond donors (Lipinski definition) is 0. The van der Waals surface area contributed by atoms with Crippen molar-refractivity contribution < 1.29 is 9.53 Å². The van der Waals surface area contributed by atoms with E-state index < -0.39 is 6.10 Å². The second-order valence-electron chi connectivity index (χ2n) is 3.01. The minimum atomic E-state index is -0.469. The Balaban J connectivity index is 2.78. The van der Waals surface area contributed by atoms with E-state index >= 15 is 0 Å². The Bertz CT molecular complexity index is 379. The molecule has 0 aliphatic rings. The molecule has 0 aromatic heterocycles. The van der Waals surface area contributed by atoms with E-state index in [-0.39, 0.29) is 5.78 Å². The lowest BCUT2D eigenvalue weighted by Crippen LogP contribution is -2.20. The molecule has 0 aliphatic carbocycles. The van der Waals surface area contributed by atoms with Gasteiger partial charge in [0.2, 0.25) is 0 Å². The van der Waals surface area contributed by atoms with Crippen molar-refractivity contribution in [2.24, 2.45) is 0 Å². The molecule has 0 aliphatic heterocycles. The molecule has 1 unspecified atom stereocenters. The number of nitriles is 1. The third-order valence-electron chi connectivity index (χ3n) is 1.85. The smallest absolute Gasteiger partial charge is 0.169 e. The molecular weight excluding hydrogens is 178 g/mol. The molecule has 1 rings (SSSR count). The van der Waals surface area contributed by atoms with Crippen LogP contribution in [-0.4, -0.2) is 11.9 Å². The topological polar surface area (TPSA) is 50.1 Å². The largest absolute Gasteiger partial charge is 0.483 e. The Hall–Kier alpha value is -1.82. The van der Waals surface area contributed by atoms with Crippen LogP contribution in [0.2, 0.25) is 0 Å². The van der Waals surface area contributed by atoms with Gasteiger partial charge in [0, 0.05) is 0 Å². The highest BCUT2D eigenvalue weighted by Crippen LogP contribution is 2.14. The molecule has 72 valence electrons. The van der Waals surface area contributed by atoms with Crippen molar-refractivity contribution in [2.45, 2.75) is 20.0 Å². The molecule has 1 aromatic carbocycles. The van der Waals surface area contributed by atoms with E-state index in [4.69, 9.17) is 10.00 Å². The number of Topliss-reactive ketones (excluding diaryl/α,β-unsaturated/α-hetero) is 1. The molecule has 3 heteroatoms. The average Bonchev–Trinajstić information content (AvgIpc) is 2.18. The monoisotopic (exact) mass is 189 g/mol. The van der Waals surface area contributed by atoms with E-state index in [0.717, 1.165) is 0 Å². The van der Waals surface area contributed by atoms with E-state index in [1.165, 1.54) is 6.92 Å². The van der Waals surface area contributed by atoms with E-state index in [0.29, 0.717) is 11.3 Å². The molecule has 1 atom stereocenters. The van der Waals surface area contributed by atoms with Crippen LogP contribution in [0.4, 0.5) is 0 Å². The molecule has 0 saturated carbocycles. The molecule has 0 N–H and O–H groups in total. The summed E-state index contributed by atoms with van der Waals surface area (Å²) in [5.74, 6) is 0.513. The molecule has 0 fully saturated rings. The highest BCUT2D eigenvalue weighted by molar-refractivity contribution is 5.80. The fourth-order valence-electron chi connectivity index (χ4n) is 0.926. The van der Waals surface area contributed by atoms with Gasteiger partial charge in [-0.2, -0.15) is 5.26 Å². The predicted octanol–water partition coefficient (Wildman–Crippen LogP) is 1.91. The Labute approximate surface area is 82.9 Å². The van der Waals surface area contributed by atoms with Crippen molar-refractivity contribution in [1.29, 1.82) is 5.26 Å². The summed E-state index contributed by atoms with van der Waals surface area (Å²) in [6.45, 7) is 3.15. The number of benzene rings is 1. The predicted molar refractivity (Wildman–Crippen MR) is 51.9 cm³/mol. The summed E-state index contributed by atoms with van der Waals surface area (Å²) in [5.41, 5.74) is 0.526. The molecule has 0 saturated heterocycles. The number of carbonyl (C=O) groups is 1. The zero-order chi connectivity index (χ0) is 10.6. The first kappa shape index (κ1) is 10.3. The van der Waals surface area contributed by atoms with Gasteiger partial charge in [0.05, 0.1) is 11.6 Å². The van der Waals surface area contributed by atoms with Gasteiger partial charge in [-0.1, -0.05) is 6.07 Å². The second-order valence-corrected chi connectivity index (χ2v) is 3.01. The number of ether oxygens (including phenoxy) is 1. The number of hydrogen-bond acceptors (Lipinski definition) is 3. The van der Waals surface area contributed by atoms with Crippen LogP contribution in [0.5, 0.6) is 5.75 Å². The lowest BCUT2D eigenvalue weighted by atomic mass is 10.2. The van der Waals surface area contributed by atoms with Crippen LogP contribution in [0.15, 0.2) is 24.3 Å². The molecule has 3 nitrogen and oxygen atoms in total. The first-order chi connectivity index (χ1) is 6.63. The fraction of sp³-hybridized carbons (Fsp3) is 0.273. The lowest BCUT2D eigenvalue weighted by molar-refractivity contribution is -0.122. The minimum absolute atomic E-state index is 0.0349. The van der Waals surface area contributed by atoms with Gasteiger partial charge in [-0.05, 0) is 32.0 Å². The second kappa shape index (κ2) is 4.43. The quantitative estimate of drug-likeness (QED) is 0.729. The maximum absolute atomic E-state index is 10.9. The van der Waals surface area contributed by atoms with Crippen molar-refractivity contribution >= 4 is 5.78 Å². The maximum Gasteiger partial charge on any atom is 0.169 e. The van der Waals surface area contributed by atoms with Crippen LogP contribution in [0.25, 0.3) is 0 Å². The third kappa shape index (κ3) is 2.60. The number of ketones is 1. The van der Waals surface area contributed by atoms with Crippen LogP contribution < -0.4 is 4.74 Å². The zero-order valence-corrected chi connectivity index (χ0v) is 8.15. The van der Waals surface area contributed by atoms with Gasteiger partial charge in [-0.25, -0.2) is 0 Å². The zero-order valence-electron chi connectivity index (χ0n) is 8.15. The van der Waals surface area contributed by atoms with E-state index in [1.807, 2.05) is 6.07 Å². The lowest BCUT2D eigenvalue weighted by Gasteiger charge is -2.11. The standard InChI is InChI=1S/C11H11NO2/c1-8(13)9(2)14-11-5-3-4-10(6-11)7-12/h3-6,9H,1-2H3. The van der Waals surface area contributed by atoms with Gasteiger partial charge in [0.25, 0.3) is 0 Å². The Morgan fingerprint density at radius 2 is 2.29 bits per heavy atom. The molecule has 0 bridgehead atoms. The molecule has 0 radical (unpaired) electrons. The van der Waals surface area contributed by atoms with Crippen molar-refractivity contribution in [1.82, 2.24) is 0 Å². The summed E-state index contributed by atoms with van der Waals surface area (Å²) < 4.78 is 5.32. The number of rotatable bonds is 3. The van der Waals surface area contributed by atoms with Crippen LogP contribution >= 0.6 is 0 Å². The Kier molecular flexibility index (Phi) is 3.24. The van der Waals surface area contributed by atoms with Crippen molar-refractivity contribution in [3.63, 3.8) is 0 Å². The normalized spacial score (nSPS) is 11.5. The van der Waals surface area contributed by atoms with E-state index in [9.17, 15) is 4.79 Å². The van der Waals surface area contributed by atoms with Crippen LogP contribution in [0, 0.1) is 11.3 Å². The Morgan fingerprint density at radius 3 is 2.86 bits per heavy atom. The third-order valence-corrected chi connectivity index (χ3v) is 1.85. The average molecular weight is 189 g/mol. The van der Waals surface area contributed by atoms with Gasteiger partial charge in [-0.15, -0.1) is 0 Å². The first-order valence-corrected chi connectivity index (χ1v) is 4.30. The Morgan fingerprint density at radius 1 is 1.57 bits per heavy atom. The van der Waals surface area contributed by atoms with E-state index in [1.54, 1.807) is 31.2 Å². The summed E-state index contributed by atoms with van der Waals surface area (Å²) in [4.78, 5) is 10.9. The number of carbonyl (C=O) groups excluding carboxylic acids is 1. The van der Waals surface area contributed by atoms with Gasteiger partial charge in [-0.3, -0.25) is 4.79 Å². The highest BCUT2D eigenvalue weighted by Gasteiger charge is 2.08.